The van der Waals surface area contributed by atoms with E-state index >= 15 is 0 Å². The maximum atomic E-state index is 9.83. The van der Waals surface area contributed by atoms with E-state index < -0.39 is 0 Å². The van der Waals surface area contributed by atoms with Crippen LogP contribution < -0.4 is 5.32 Å². The lowest BCUT2D eigenvalue weighted by molar-refractivity contribution is -0.109. The van der Waals surface area contributed by atoms with Gasteiger partial charge in [0.25, 0.3) is 0 Å². The molecular formula is C6H10NO. The van der Waals surface area contributed by atoms with Crippen molar-refractivity contribution < 1.29 is 4.79 Å². The molecule has 0 aromatic heterocycles. The van der Waals surface area contributed by atoms with Gasteiger partial charge in [-0.2, -0.15) is 0 Å². The fourth-order valence-corrected chi connectivity index (χ4v) is 1.01. The van der Waals surface area contributed by atoms with Gasteiger partial charge < -0.3 is 5.32 Å². The molecule has 1 atom stereocenters. The molecule has 2 heteroatoms. The maximum absolute atomic E-state index is 9.83. The van der Waals surface area contributed by atoms with Crippen LogP contribution in [-0.4, -0.2) is 12.5 Å². The Balaban J connectivity index is 2.14. The number of hydrogen-bond donors (Lipinski definition) is 1. The Morgan fingerprint density at radius 2 is 2.62 bits per heavy atom. The van der Waals surface area contributed by atoms with Crippen LogP contribution in [0.4, 0.5) is 0 Å². The average Bonchev–Trinajstić information content (AvgIpc) is 2.19. The minimum atomic E-state index is 0.368. The number of hydrogen-bond acceptors (Lipinski definition) is 1. The van der Waals surface area contributed by atoms with Gasteiger partial charge in [0.05, 0.1) is 0 Å². The van der Waals surface area contributed by atoms with E-state index in [-0.39, 0.29) is 0 Å². The van der Waals surface area contributed by atoms with Crippen LogP contribution in [0.3, 0.4) is 0 Å². The van der Waals surface area contributed by atoms with Crippen LogP contribution in [0.1, 0.15) is 19.3 Å². The van der Waals surface area contributed by atoms with Crippen molar-refractivity contribution in [1.82, 2.24) is 5.32 Å². The Bertz CT molecular complexity index is 76.6. The number of amides is 1. The second-order valence-electron chi connectivity index (χ2n) is 2.06. The molecule has 1 N–H and O–H groups in total. The fourth-order valence-electron chi connectivity index (χ4n) is 1.01. The molecule has 0 aromatic carbocycles. The molecule has 1 aliphatic rings. The molecule has 1 rings (SSSR count). The average molecular weight is 112 g/mol. The lowest BCUT2D eigenvalue weighted by Crippen LogP contribution is -2.24. The van der Waals surface area contributed by atoms with Gasteiger partial charge in [-0.3, -0.25) is 4.79 Å². The van der Waals surface area contributed by atoms with E-state index in [9.17, 15) is 4.79 Å². The fraction of sp³-hybridized carbons (Fsp3) is 0.667. The van der Waals surface area contributed by atoms with Gasteiger partial charge in [0.15, 0.2) is 0 Å². The summed E-state index contributed by atoms with van der Waals surface area (Å²) in [6.07, 6.45) is 6.43. The van der Waals surface area contributed by atoms with E-state index in [0.717, 1.165) is 19.3 Å². The maximum Gasteiger partial charge on any atom is 0.207 e. The van der Waals surface area contributed by atoms with E-state index in [1.54, 1.807) is 0 Å². The van der Waals surface area contributed by atoms with Crippen LogP contribution in [0.5, 0.6) is 0 Å². The Morgan fingerprint density at radius 1 is 1.75 bits per heavy atom. The van der Waals surface area contributed by atoms with Gasteiger partial charge in [-0.05, 0) is 19.3 Å². The van der Waals surface area contributed by atoms with Crippen LogP contribution in [-0.2, 0) is 4.79 Å². The SMILES string of the molecule is O=CNC1[CH]CCC1. The van der Waals surface area contributed by atoms with Gasteiger partial charge in [0.1, 0.15) is 0 Å². The van der Waals surface area contributed by atoms with E-state index in [4.69, 9.17) is 0 Å². The molecule has 0 saturated heterocycles. The summed E-state index contributed by atoms with van der Waals surface area (Å²) in [4.78, 5) is 9.83. The summed E-state index contributed by atoms with van der Waals surface area (Å²) in [5, 5.41) is 2.71. The van der Waals surface area contributed by atoms with Crippen LogP contribution in [0, 0.1) is 6.42 Å². The normalized spacial score (nSPS) is 21.0. The molecule has 1 radical (unpaired) electrons. The van der Waals surface area contributed by atoms with E-state index in [2.05, 4.69) is 11.7 Å². The third-order valence-electron chi connectivity index (χ3n) is 1.45. The number of carbonyl (C=O) groups is 1. The molecule has 45 valence electrons. The Labute approximate surface area is 49.3 Å². The summed E-state index contributed by atoms with van der Waals surface area (Å²) in [6.45, 7) is 0. The van der Waals surface area contributed by atoms with Crippen LogP contribution in [0.2, 0.25) is 0 Å². The molecule has 8 heavy (non-hydrogen) atoms. The van der Waals surface area contributed by atoms with Crippen LogP contribution in [0.25, 0.3) is 0 Å². The van der Waals surface area contributed by atoms with Crippen molar-refractivity contribution in [2.24, 2.45) is 0 Å². The summed E-state index contributed by atoms with van der Waals surface area (Å²) in [5.74, 6) is 0. The Kier molecular flexibility index (Phi) is 1.89. The minimum absolute atomic E-state index is 0.368. The summed E-state index contributed by atoms with van der Waals surface area (Å²) >= 11 is 0. The van der Waals surface area contributed by atoms with E-state index in [0.29, 0.717) is 6.04 Å². The quantitative estimate of drug-likeness (QED) is 0.517. The molecule has 2 nitrogen and oxygen atoms in total. The monoisotopic (exact) mass is 112 g/mol. The Hall–Kier alpha value is -0.530. The van der Waals surface area contributed by atoms with Gasteiger partial charge in [0.2, 0.25) is 6.41 Å². The zero-order valence-electron chi connectivity index (χ0n) is 4.76. The molecule has 1 unspecified atom stereocenters. The second kappa shape index (κ2) is 2.70. The second-order valence-corrected chi connectivity index (χ2v) is 2.06. The molecule has 1 fully saturated rings. The number of rotatable bonds is 2. The molecule has 1 saturated carbocycles. The van der Waals surface area contributed by atoms with Crippen molar-refractivity contribution in [3.8, 4) is 0 Å². The van der Waals surface area contributed by atoms with Crippen molar-refractivity contribution in [3.63, 3.8) is 0 Å². The molecule has 1 aliphatic carbocycles. The number of nitrogens with one attached hydrogen (secondary N) is 1. The third-order valence-corrected chi connectivity index (χ3v) is 1.45. The molecule has 1 amide bonds. The van der Waals surface area contributed by atoms with Crippen molar-refractivity contribution in [2.75, 3.05) is 0 Å². The topological polar surface area (TPSA) is 29.1 Å². The van der Waals surface area contributed by atoms with Gasteiger partial charge in [-0.25, -0.2) is 0 Å². The molecule has 0 heterocycles. The van der Waals surface area contributed by atoms with Gasteiger partial charge in [0, 0.05) is 6.04 Å². The van der Waals surface area contributed by atoms with Crippen LogP contribution >= 0.6 is 0 Å². The first kappa shape index (κ1) is 5.60. The van der Waals surface area contributed by atoms with Crippen molar-refractivity contribution in [2.45, 2.75) is 25.3 Å². The highest BCUT2D eigenvalue weighted by Crippen LogP contribution is 2.15. The van der Waals surface area contributed by atoms with Gasteiger partial charge in [-0.15, -0.1) is 0 Å². The predicted octanol–water partition coefficient (Wildman–Crippen LogP) is 0.489. The van der Waals surface area contributed by atoms with Crippen molar-refractivity contribution >= 4 is 6.41 Å². The lowest BCUT2D eigenvalue weighted by Gasteiger charge is -2.03. The molecule has 0 spiro atoms. The summed E-state index contributed by atoms with van der Waals surface area (Å²) < 4.78 is 0. The molecule has 0 aliphatic heterocycles. The summed E-state index contributed by atoms with van der Waals surface area (Å²) in [6, 6.07) is 0.368. The Morgan fingerprint density at radius 3 is 3.12 bits per heavy atom. The molecule has 0 bridgehead atoms. The minimum Gasteiger partial charge on any atom is -0.356 e. The largest absolute Gasteiger partial charge is 0.356 e. The third kappa shape index (κ3) is 1.22. The highest BCUT2D eigenvalue weighted by Gasteiger charge is 2.12. The molecule has 0 aromatic rings. The number of carbonyl (C=O) groups excluding carboxylic acids is 1. The van der Waals surface area contributed by atoms with Crippen molar-refractivity contribution in [3.05, 3.63) is 6.42 Å². The highest BCUT2D eigenvalue weighted by molar-refractivity contribution is 5.47. The standard InChI is InChI=1S/C6H10NO/c8-5-7-6-3-1-2-4-6/h3,5-6H,1-2,4H2,(H,7,8). The van der Waals surface area contributed by atoms with E-state index in [1.807, 2.05) is 0 Å². The summed E-state index contributed by atoms with van der Waals surface area (Å²) in [7, 11) is 0. The first-order valence-electron chi connectivity index (χ1n) is 2.96. The van der Waals surface area contributed by atoms with Gasteiger partial charge >= 0.3 is 0 Å². The molecular weight excluding hydrogens is 102 g/mol. The lowest BCUT2D eigenvalue weighted by atomic mass is 10.3. The zero-order valence-corrected chi connectivity index (χ0v) is 4.76. The first-order chi connectivity index (χ1) is 3.93. The summed E-state index contributed by atoms with van der Waals surface area (Å²) in [5.41, 5.74) is 0. The predicted molar refractivity (Wildman–Crippen MR) is 31.1 cm³/mol. The van der Waals surface area contributed by atoms with E-state index in [1.165, 1.54) is 6.42 Å². The highest BCUT2D eigenvalue weighted by atomic mass is 16.1. The van der Waals surface area contributed by atoms with Gasteiger partial charge in [-0.1, -0.05) is 6.42 Å². The van der Waals surface area contributed by atoms with Crippen LogP contribution in [0.15, 0.2) is 0 Å². The zero-order chi connectivity index (χ0) is 5.82. The van der Waals surface area contributed by atoms with Crippen molar-refractivity contribution in [1.29, 1.82) is 0 Å². The first-order valence-corrected chi connectivity index (χ1v) is 2.96. The smallest absolute Gasteiger partial charge is 0.207 e.